The van der Waals surface area contributed by atoms with Gasteiger partial charge in [0.25, 0.3) is 5.69 Å². The van der Waals surface area contributed by atoms with E-state index in [4.69, 9.17) is 0 Å². The number of fused-ring (bicyclic) bond motifs is 1. The van der Waals surface area contributed by atoms with Crippen molar-refractivity contribution in [3.63, 3.8) is 0 Å². The fourth-order valence-electron chi connectivity index (χ4n) is 2.60. The molecule has 2 aromatic carbocycles. The predicted octanol–water partition coefficient (Wildman–Crippen LogP) is 5.22. The fourth-order valence-corrected chi connectivity index (χ4v) is 3.56. The third-order valence-electron chi connectivity index (χ3n) is 3.89. The molecule has 0 spiro atoms. The summed E-state index contributed by atoms with van der Waals surface area (Å²) >= 11 is 0.979. The molecule has 28 heavy (non-hydrogen) atoms. The molecule has 2 aromatic heterocycles. The van der Waals surface area contributed by atoms with E-state index in [0.29, 0.717) is 15.8 Å². The second-order valence-electron chi connectivity index (χ2n) is 5.74. The van der Waals surface area contributed by atoms with E-state index in [1.54, 1.807) is 0 Å². The largest absolute Gasteiger partial charge is 0.435 e. The first kappa shape index (κ1) is 18.0. The van der Waals surface area contributed by atoms with Crippen LogP contribution in [0.2, 0.25) is 0 Å². The summed E-state index contributed by atoms with van der Waals surface area (Å²) in [4.78, 5) is 14.4. The summed E-state index contributed by atoms with van der Waals surface area (Å²) in [6.45, 7) is 0. The molecule has 0 bridgehead atoms. The first-order valence-electron chi connectivity index (χ1n) is 7.71. The zero-order valence-electron chi connectivity index (χ0n) is 13.6. The third kappa shape index (κ3) is 3.20. The zero-order valence-corrected chi connectivity index (χ0v) is 14.5. The van der Waals surface area contributed by atoms with Crippen LogP contribution in [-0.4, -0.2) is 19.7 Å². The molecule has 0 saturated heterocycles. The van der Waals surface area contributed by atoms with Crippen LogP contribution in [0.3, 0.4) is 0 Å². The molecule has 0 amide bonds. The van der Waals surface area contributed by atoms with Gasteiger partial charge in [-0.3, -0.25) is 10.1 Å². The Morgan fingerprint density at radius 3 is 2.43 bits per heavy atom. The molecule has 0 aliphatic rings. The Hall–Kier alpha value is -3.34. The first-order valence-corrected chi connectivity index (χ1v) is 8.52. The lowest BCUT2D eigenvalue weighted by molar-refractivity contribution is -0.384. The van der Waals surface area contributed by atoms with Gasteiger partial charge in [-0.05, 0) is 36.4 Å². The monoisotopic (exact) mass is 408 g/mol. The molecule has 6 nitrogen and oxygen atoms in total. The minimum atomic E-state index is -4.69. The summed E-state index contributed by atoms with van der Waals surface area (Å²) in [7, 11) is 0. The van der Waals surface area contributed by atoms with E-state index < -0.39 is 22.6 Å². The molecule has 0 aliphatic heterocycles. The van der Waals surface area contributed by atoms with Crippen molar-refractivity contribution in [2.45, 2.75) is 6.18 Å². The van der Waals surface area contributed by atoms with Gasteiger partial charge in [0.05, 0.1) is 20.8 Å². The average molecular weight is 408 g/mol. The summed E-state index contributed by atoms with van der Waals surface area (Å²) in [6, 6.07) is 9.74. The molecule has 0 atom stereocenters. The maximum atomic E-state index is 13.4. The van der Waals surface area contributed by atoms with Gasteiger partial charge in [0.15, 0.2) is 5.69 Å². The van der Waals surface area contributed by atoms with Crippen molar-refractivity contribution in [3.05, 3.63) is 70.2 Å². The number of alkyl halides is 3. The number of nitro benzene ring substituents is 1. The topological polar surface area (TPSA) is 73.8 Å². The minimum absolute atomic E-state index is 0.0572. The summed E-state index contributed by atoms with van der Waals surface area (Å²) in [6.07, 6.45) is -4.69. The molecular formula is C17H8F4N4O2S. The van der Waals surface area contributed by atoms with E-state index in [1.807, 2.05) is 0 Å². The molecule has 142 valence electrons. The lowest BCUT2D eigenvalue weighted by atomic mass is 10.1. The van der Waals surface area contributed by atoms with E-state index in [9.17, 15) is 27.7 Å². The van der Waals surface area contributed by atoms with Crippen LogP contribution in [0.4, 0.5) is 23.2 Å². The molecule has 0 saturated carbocycles. The van der Waals surface area contributed by atoms with Crippen LogP contribution in [0.25, 0.3) is 26.6 Å². The van der Waals surface area contributed by atoms with Crippen LogP contribution in [0.1, 0.15) is 5.69 Å². The van der Waals surface area contributed by atoms with E-state index in [0.717, 1.165) is 22.1 Å². The van der Waals surface area contributed by atoms with Crippen LogP contribution in [0.5, 0.6) is 0 Å². The Labute approximate surface area is 157 Å². The molecule has 2 heterocycles. The number of nitrogens with zero attached hydrogens (tertiary/aromatic N) is 4. The van der Waals surface area contributed by atoms with Gasteiger partial charge >= 0.3 is 6.18 Å². The van der Waals surface area contributed by atoms with Crippen molar-refractivity contribution in [2.24, 2.45) is 0 Å². The van der Waals surface area contributed by atoms with Crippen LogP contribution in [0, 0.1) is 15.9 Å². The van der Waals surface area contributed by atoms with Crippen LogP contribution in [0.15, 0.2) is 48.5 Å². The molecule has 0 radical (unpaired) electrons. The van der Waals surface area contributed by atoms with Crippen molar-refractivity contribution in [3.8, 4) is 16.4 Å². The number of halogens is 4. The Bertz CT molecular complexity index is 1200. The number of non-ortho nitro benzene ring substituents is 1. The first-order chi connectivity index (χ1) is 13.2. The molecule has 11 heteroatoms. The minimum Gasteiger partial charge on any atom is -0.258 e. The highest BCUT2D eigenvalue weighted by atomic mass is 32.1. The van der Waals surface area contributed by atoms with Gasteiger partial charge < -0.3 is 0 Å². The normalized spacial score (nSPS) is 11.9. The lowest BCUT2D eigenvalue weighted by Gasteiger charge is -2.03. The molecule has 0 unspecified atom stereocenters. The third-order valence-corrected chi connectivity index (χ3v) is 4.89. The smallest absolute Gasteiger partial charge is 0.258 e. The quantitative estimate of drug-likeness (QED) is 0.265. The van der Waals surface area contributed by atoms with Gasteiger partial charge in [-0.1, -0.05) is 11.3 Å². The van der Waals surface area contributed by atoms with Crippen molar-refractivity contribution in [1.82, 2.24) is 14.8 Å². The average Bonchev–Trinajstić information content (AvgIpc) is 3.25. The maximum absolute atomic E-state index is 13.4. The summed E-state index contributed by atoms with van der Waals surface area (Å²) < 4.78 is 54.5. The highest BCUT2D eigenvalue weighted by Crippen LogP contribution is 2.35. The predicted molar refractivity (Wildman–Crippen MR) is 93.8 cm³/mol. The standard InChI is InChI=1S/C17H8F4N4O2S/c18-10-3-6-12-14(7-10)28-16(22-12)24-13(8-15(23-24)17(19,20)21)9-1-4-11(5-2-9)25(26)27/h1-8H. The molecule has 4 rings (SSSR count). The van der Waals surface area contributed by atoms with Crippen molar-refractivity contribution >= 4 is 27.2 Å². The molecular weight excluding hydrogens is 400 g/mol. The van der Waals surface area contributed by atoms with Gasteiger partial charge in [0.1, 0.15) is 5.82 Å². The van der Waals surface area contributed by atoms with Crippen LogP contribution < -0.4 is 0 Å². The number of aromatic nitrogens is 3. The number of nitro groups is 1. The number of rotatable bonds is 3. The van der Waals surface area contributed by atoms with E-state index in [-0.39, 0.29) is 16.5 Å². The lowest BCUT2D eigenvalue weighted by Crippen LogP contribution is -2.07. The van der Waals surface area contributed by atoms with Gasteiger partial charge in [0.2, 0.25) is 5.13 Å². The van der Waals surface area contributed by atoms with Crippen LogP contribution >= 0.6 is 11.3 Å². The number of hydrogen-bond acceptors (Lipinski definition) is 5. The summed E-state index contributed by atoms with van der Waals surface area (Å²) in [5, 5.41) is 14.5. The molecule has 4 aromatic rings. The highest BCUT2D eigenvalue weighted by molar-refractivity contribution is 7.20. The van der Waals surface area contributed by atoms with Crippen molar-refractivity contribution in [1.29, 1.82) is 0 Å². The Morgan fingerprint density at radius 2 is 1.79 bits per heavy atom. The number of thiazole rings is 1. The summed E-state index contributed by atoms with van der Waals surface area (Å²) in [5.41, 5.74) is -0.562. The van der Waals surface area contributed by atoms with E-state index in [2.05, 4.69) is 10.1 Å². The highest BCUT2D eigenvalue weighted by Gasteiger charge is 2.35. The molecule has 0 fully saturated rings. The van der Waals surface area contributed by atoms with Gasteiger partial charge in [-0.25, -0.2) is 14.1 Å². The Kier molecular flexibility index (Phi) is 4.11. The van der Waals surface area contributed by atoms with Crippen molar-refractivity contribution in [2.75, 3.05) is 0 Å². The van der Waals surface area contributed by atoms with Crippen LogP contribution in [-0.2, 0) is 6.18 Å². The second-order valence-corrected chi connectivity index (χ2v) is 6.75. The second kappa shape index (κ2) is 6.37. The fraction of sp³-hybridized carbons (Fsp3) is 0.0588. The van der Waals surface area contributed by atoms with E-state index in [1.165, 1.54) is 42.5 Å². The molecule has 0 N–H and O–H groups in total. The number of benzene rings is 2. The molecule has 0 aliphatic carbocycles. The van der Waals surface area contributed by atoms with Crippen molar-refractivity contribution < 1.29 is 22.5 Å². The summed E-state index contributed by atoms with van der Waals surface area (Å²) in [5.74, 6) is -0.491. The zero-order chi connectivity index (χ0) is 20.1. The van der Waals surface area contributed by atoms with Gasteiger partial charge in [-0.15, -0.1) is 0 Å². The van der Waals surface area contributed by atoms with Gasteiger partial charge in [0, 0.05) is 17.7 Å². The Morgan fingerprint density at radius 1 is 1.07 bits per heavy atom. The SMILES string of the molecule is O=[N+]([O-])c1ccc(-c2cc(C(F)(F)F)nn2-c2nc3ccc(F)cc3s2)cc1. The van der Waals surface area contributed by atoms with E-state index >= 15 is 0 Å². The maximum Gasteiger partial charge on any atom is 0.435 e. The van der Waals surface area contributed by atoms with Gasteiger partial charge in [-0.2, -0.15) is 18.3 Å². The number of hydrogen-bond donors (Lipinski definition) is 0. The Balaban J connectivity index is 1.89.